The highest BCUT2D eigenvalue weighted by Crippen LogP contribution is 2.30. The minimum atomic E-state index is 0.267. The first-order chi connectivity index (χ1) is 8.09. The molecule has 2 unspecified atom stereocenters. The van der Waals surface area contributed by atoms with Crippen LogP contribution in [0.3, 0.4) is 0 Å². The Bertz CT molecular complexity index is 375. The predicted molar refractivity (Wildman–Crippen MR) is 73.1 cm³/mol. The van der Waals surface area contributed by atoms with Crippen LogP contribution < -0.4 is 5.73 Å². The van der Waals surface area contributed by atoms with Crippen LogP contribution in [0.2, 0.25) is 0 Å². The molecule has 0 spiro atoms. The van der Waals surface area contributed by atoms with E-state index >= 15 is 0 Å². The van der Waals surface area contributed by atoms with Crippen molar-refractivity contribution in [2.75, 3.05) is 13.6 Å². The number of likely N-dealkylation sites (N-methyl/N-ethyl adjacent to an activating group) is 1. The molecule has 94 valence electrons. The molecule has 2 nitrogen and oxygen atoms in total. The zero-order valence-corrected chi connectivity index (χ0v) is 11.2. The molecule has 17 heavy (non-hydrogen) atoms. The standard InChI is InChI=1S/C15H24N2/c1-11-7-8-12(2)13(10-11)15-14(16)6-4-5-9-17(15)3/h7-8,10,14-15H,4-6,9,16H2,1-3H3. The Balaban J connectivity index is 2.37. The van der Waals surface area contributed by atoms with Crippen LogP contribution >= 0.6 is 0 Å². The summed E-state index contributed by atoms with van der Waals surface area (Å²) in [7, 11) is 2.21. The van der Waals surface area contributed by atoms with Crippen LogP contribution in [-0.2, 0) is 0 Å². The Morgan fingerprint density at radius 3 is 2.76 bits per heavy atom. The van der Waals surface area contributed by atoms with E-state index in [2.05, 4.69) is 44.0 Å². The average Bonchev–Trinajstić information content (AvgIpc) is 2.44. The first-order valence-electron chi connectivity index (χ1n) is 6.62. The number of nitrogens with zero attached hydrogens (tertiary/aromatic N) is 1. The van der Waals surface area contributed by atoms with Crippen LogP contribution in [0, 0.1) is 13.8 Å². The van der Waals surface area contributed by atoms with E-state index in [1.165, 1.54) is 29.5 Å². The van der Waals surface area contributed by atoms with Crippen molar-refractivity contribution in [2.45, 2.75) is 45.2 Å². The first-order valence-corrected chi connectivity index (χ1v) is 6.62. The third-order valence-corrected chi connectivity index (χ3v) is 3.93. The molecule has 1 saturated heterocycles. The lowest BCUT2D eigenvalue weighted by Gasteiger charge is -2.32. The quantitative estimate of drug-likeness (QED) is 0.806. The molecule has 2 atom stereocenters. The average molecular weight is 232 g/mol. The normalized spacial score (nSPS) is 26.8. The summed E-state index contributed by atoms with van der Waals surface area (Å²) in [4.78, 5) is 2.43. The topological polar surface area (TPSA) is 29.3 Å². The van der Waals surface area contributed by atoms with E-state index < -0.39 is 0 Å². The van der Waals surface area contributed by atoms with Crippen molar-refractivity contribution >= 4 is 0 Å². The summed E-state index contributed by atoms with van der Waals surface area (Å²) in [6, 6.07) is 7.36. The van der Waals surface area contributed by atoms with Gasteiger partial charge in [0.25, 0.3) is 0 Å². The van der Waals surface area contributed by atoms with Gasteiger partial charge in [0.1, 0.15) is 0 Å². The molecular formula is C15H24N2. The lowest BCUT2D eigenvalue weighted by atomic mass is 9.92. The third-order valence-electron chi connectivity index (χ3n) is 3.93. The van der Waals surface area contributed by atoms with Gasteiger partial charge < -0.3 is 5.73 Å². The Labute approximate surface area is 105 Å². The minimum Gasteiger partial charge on any atom is -0.326 e. The zero-order valence-electron chi connectivity index (χ0n) is 11.2. The Kier molecular flexibility index (Phi) is 3.85. The Morgan fingerprint density at radius 2 is 2.00 bits per heavy atom. The zero-order chi connectivity index (χ0) is 12.4. The maximum absolute atomic E-state index is 6.38. The molecule has 0 saturated carbocycles. The molecule has 1 aromatic carbocycles. The molecule has 0 radical (unpaired) electrons. The molecule has 1 fully saturated rings. The summed E-state index contributed by atoms with van der Waals surface area (Å²) in [6.45, 7) is 5.51. The van der Waals surface area contributed by atoms with Gasteiger partial charge >= 0.3 is 0 Å². The maximum atomic E-state index is 6.38. The molecule has 1 aliphatic rings. The van der Waals surface area contributed by atoms with Crippen molar-refractivity contribution in [1.29, 1.82) is 0 Å². The van der Waals surface area contributed by atoms with E-state index in [1.807, 2.05) is 0 Å². The highest BCUT2D eigenvalue weighted by molar-refractivity contribution is 5.34. The lowest BCUT2D eigenvalue weighted by molar-refractivity contribution is 0.229. The molecule has 2 heteroatoms. The molecule has 2 N–H and O–H groups in total. The van der Waals surface area contributed by atoms with Gasteiger partial charge in [0.2, 0.25) is 0 Å². The number of hydrogen-bond acceptors (Lipinski definition) is 2. The van der Waals surface area contributed by atoms with Gasteiger partial charge in [0, 0.05) is 12.1 Å². The number of aryl methyl sites for hydroxylation is 2. The summed E-state index contributed by atoms with van der Waals surface area (Å²) in [5.74, 6) is 0. The van der Waals surface area contributed by atoms with Crippen LogP contribution in [0.4, 0.5) is 0 Å². The van der Waals surface area contributed by atoms with Gasteiger partial charge in [0.15, 0.2) is 0 Å². The van der Waals surface area contributed by atoms with Gasteiger partial charge in [-0.3, -0.25) is 4.90 Å². The molecule has 0 amide bonds. The van der Waals surface area contributed by atoms with Gasteiger partial charge in [0.05, 0.1) is 0 Å². The SMILES string of the molecule is Cc1ccc(C)c(C2C(N)CCCCN2C)c1. The summed E-state index contributed by atoms with van der Waals surface area (Å²) < 4.78 is 0. The smallest absolute Gasteiger partial charge is 0.0499 e. The number of hydrogen-bond donors (Lipinski definition) is 1. The van der Waals surface area contributed by atoms with Gasteiger partial charge in [-0.2, -0.15) is 0 Å². The van der Waals surface area contributed by atoms with E-state index in [0.29, 0.717) is 6.04 Å². The van der Waals surface area contributed by atoms with Crippen molar-refractivity contribution in [3.63, 3.8) is 0 Å². The number of benzene rings is 1. The molecule has 0 aromatic heterocycles. The van der Waals surface area contributed by atoms with Crippen molar-refractivity contribution in [1.82, 2.24) is 4.90 Å². The number of rotatable bonds is 1. The highest BCUT2D eigenvalue weighted by atomic mass is 15.1. The van der Waals surface area contributed by atoms with Crippen LogP contribution in [-0.4, -0.2) is 24.5 Å². The lowest BCUT2D eigenvalue weighted by Crippen LogP contribution is -2.38. The third kappa shape index (κ3) is 2.70. The van der Waals surface area contributed by atoms with Crippen molar-refractivity contribution in [2.24, 2.45) is 5.73 Å². The van der Waals surface area contributed by atoms with Gasteiger partial charge in [-0.1, -0.05) is 30.2 Å². The second kappa shape index (κ2) is 5.19. The van der Waals surface area contributed by atoms with E-state index in [4.69, 9.17) is 5.73 Å². The molecular weight excluding hydrogens is 208 g/mol. The van der Waals surface area contributed by atoms with E-state index in [-0.39, 0.29) is 6.04 Å². The second-order valence-corrected chi connectivity index (χ2v) is 5.45. The van der Waals surface area contributed by atoms with Crippen molar-refractivity contribution < 1.29 is 0 Å². The van der Waals surface area contributed by atoms with Crippen LogP contribution in [0.5, 0.6) is 0 Å². The fourth-order valence-electron chi connectivity index (χ4n) is 2.91. The van der Waals surface area contributed by atoms with Gasteiger partial charge in [-0.25, -0.2) is 0 Å². The second-order valence-electron chi connectivity index (χ2n) is 5.45. The first kappa shape index (κ1) is 12.6. The molecule has 1 aliphatic heterocycles. The monoisotopic (exact) mass is 232 g/mol. The summed E-state index contributed by atoms with van der Waals surface area (Å²) in [6.07, 6.45) is 3.67. The van der Waals surface area contributed by atoms with Gasteiger partial charge in [-0.05, 0) is 51.4 Å². The molecule has 0 aliphatic carbocycles. The predicted octanol–water partition coefficient (Wildman–Crippen LogP) is 2.79. The summed E-state index contributed by atoms with van der Waals surface area (Å²) >= 11 is 0. The molecule has 0 bridgehead atoms. The van der Waals surface area contributed by atoms with Gasteiger partial charge in [-0.15, -0.1) is 0 Å². The molecule has 1 heterocycles. The number of likely N-dealkylation sites (tertiary alicyclic amines) is 1. The Morgan fingerprint density at radius 1 is 1.24 bits per heavy atom. The van der Waals surface area contributed by atoms with Crippen LogP contribution in [0.15, 0.2) is 18.2 Å². The van der Waals surface area contributed by atoms with Crippen molar-refractivity contribution in [3.8, 4) is 0 Å². The summed E-state index contributed by atoms with van der Waals surface area (Å²) in [5.41, 5.74) is 10.5. The maximum Gasteiger partial charge on any atom is 0.0499 e. The fourth-order valence-corrected chi connectivity index (χ4v) is 2.91. The molecule has 2 rings (SSSR count). The van der Waals surface area contributed by atoms with E-state index in [9.17, 15) is 0 Å². The van der Waals surface area contributed by atoms with Crippen molar-refractivity contribution in [3.05, 3.63) is 34.9 Å². The Hall–Kier alpha value is -0.860. The van der Waals surface area contributed by atoms with Crippen LogP contribution in [0.25, 0.3) is 0 Å². The largest absolute Gasteiger partial charge is 0.326 e. The van der Waals surface area contributed by atoms with E-state index in [0.717, 1.165) is 13.0 Å². The highest BCUT2D eigenvalue weighted by Gasteiger charge is 2.27. The minimum absolute atomic E-state index is 0.267. The van der Waals surface area contributed by atoms with Crippen LogP contribution in [0.1, 0.15) is 42.0 Å². The van der Waals surface area contributed by atoms with E-state index in [1.54, 1.807) is 0 Å². The fraction of sp³-hybridized carbons (Fsp3) is 0.600. The molecule has 1 aromatic rings. The summed E-state index contributed by atoms with van der Waals surface area (Å²) in [5, 5.41) is 0. The number of nitrogens with two attached hydrogens (primary N) is 1.